The Kier molecular flexibility index (Phi) is 3.81. The molecule has 1 aliphatic heterocycles. The molecule has 3 aromatic rings. The van der Waals surface area contributed by atoms with Gasteiger partial charge < -0.3 is 0 Å². The number of nitrogens with one attached hydrogen (secondary N) is 1. The third kappa shape index (κ3) is 2.27. The van der Waals surface area contributed by atoms with E-state index < -0.39 is 46.2 Å². The van der Waals surface area contributed by atoms with Gasteiger partial charge in [0.2, 0.25) is 5.82 Å². The molecule has 0 saturated carbocycles. The standard InChI is InChI=1S/C18H8F5N3O2/c1-6-9(10-7-4-2-3-5-8(7)24-17(10)27)18(28)26(25-6)16-14(22)12(20)11(19)13(21)15(16)23/h2-5,25H,1H3. The van der Waals surface area contributed by atoms with E-state index in [2.05, 4.69) is 10.1 Å². The second kappa shape index (κ2) is 5.98. The third-order valence-electron chi connectivity index (χ3n) is 4.34. The van der Waals surface area contributed by atoms with Gasteiger partial charge in [-0.2, -0.15) is 0 Å². The molecule has 0 saturated heterocycles. The van der Waals surface area contributed by atoms with E-state index in [-0.39, 0.29) is 21.5 Å². The van der Waals surface area contributed by atoms with E-state index in [1.807, 2.05) is 0 Å². The number of fused-ring (bicyclic) bond motifs is 1. The predicted octanol–water partition coefficient (Wildman–Crippen LogP) is 1.53. The number of halogens is 5. The van der Waals surface area contributed by atoms with Crippen LogP contribution in [0.15, 0.2) is 34.1 Å². The highest BCUT2D eigenvalue weighted by Crippen LogP contribution is 2.26. The van der Waals surface area contributed by atoms with Gasteiger partial charge in [0.1, 0.15) is 5.69 Å². The van der Waals surface area contributed by atoms with Crippen molar-refractivity contribution in [2.24, 2.45) is 4.99 Å². The second-order valence-electron chi connectivity index (χ2n) is 5.98. The highest BCUT2D eigenvalue weighted by Gasteiger charge is 2.31. The minimum absolute atomic E-state index is 0.0100. The number of H-pyrrole nitrogens is 1. The van der Waals surface area contributed by atoms with Crippen molar-refractivity contribution in [1.82, 2.24) is 9.78 Å². The summed E-state index contributed by atoms with van der Waals surface area (Å²) in [5.74, 6) is -11.9. The summed E-state index contributed by atoms with van der Waals surface area (Å²) in [5, 5.41) is 2.88. The van der Waals surface area contributed by atoms with E-state index in [1.54, 1.807) is 12.1 Å². The first kappa shape index (κ1) is 17.8. The van der Waals surface area contributed by atoms with Gasteiger partial charge in [0.15, 0.2) is 23.3 Å². The molecule has 1 amide bonds. The molecule has 1 N–H and O–H groups in total. The van der Waals surface area contributed by atoms with Crippen molar-refractivity contribution in [1.29, 1.82) is 0 Å². The van der Waals surface area contributed by atoms with Crippen LogP contribution in [-0.2, 0) is 4.79 Å². The summed E-state index contributed by atoms with van der Waals surface area (Å²) in [5.41, 5.74) is -3.04. The van der Waals surface area contributed by atoms with Gasteiger partial charge >= 0.3 is 0 Å². The Labute approximate surface area is 152 Å². The Balaban J connectivity index is 2.08. The largest absolute Gasteiger partial charge is 0.294 e. The van der Waals surface area contributed by atoms with Crippen LogP contribution in [0.3, 0.4) is 0 Å². The molecule has 4 rings (SSSR count). The Morgan fingerprint density at radius 3 is 2.11 bits per heavy atom. The predicted molar refractivity (Wildman–Crippen MR) is 85.7 cm³/mol. The number of aryl methyl sites for hydroxylation is 1. The lowest BCUT2D eigenvalue weighted by Gasteiger charge is -2.08. The Morgan fingerprint density at radius 1 is 0.893 bits per heavy atom. The smallest absolute Gasteiger partial charge is 0.279 e. The molecule has 0 spiro atoms. The summed E-state index contributed by atoms with van der Waals surface area (Å²) in [6.07, 6.45) is 0. The molecule has 1 aromatic heterocycles. The molecule has 2 heterocycles. The Bertz CT molecular complexity index is 1340. The van der Waals surface area contributed by atoms with Crippen LogP contribution in [0.1, 0.15) is 11.3 Å². The van der Waals surface area contributed by atoms with Crippen LogP contribution in [-0.4, -0.2) is 15.7 Å². The zero-order valence-electron chi connectivity index (χ0n) is 13.9. The molecular weight excluding hydrogens is 385 g/mol. The lowest BCUT2D eigenvalue weighted by Crippen LogP contribution is -2.26. The minimum Gasteiger partial charge on any atom is -0.294 e. The van der Waals surface area contributed by atoms with Gasteiger partial charge in [0.05, 0.1) is 16.5 Å². The van der Waals surface area contributed by atoms with Gasteiger partial charge in [-0.15, -0.1) is 0 Å². The van der Waals surface area contributed by atoms with E-state index in [1.165, 1.54) is 19.1 Å². The molecule has 0 aliphatic carbocycles. The van der Waals surface area contributed by atoms with Gasteiger partial charge in [0.25, 0.3) is 11.5 Å². The van der Waals surface area contributed by atoms with Crippen molar-refractivity contribution < 1.29 is 26.7 Å². The van der Waals surface area contributed by atoms with Crippen LogP contribution in [0.4, 0.5) is 22.0 Å². The minimum atomic E-state index is -2.34. The number of para-hydroxylation sites is 1. The topological polar surface area (TPSA) is 67.2 Å². The third-order valence-corrected chi connectivity index (χ3v) is 4.34. The van der Waals surface area contributed by atoms with E-state index in [9.17, 15) is 31.5 Å². The summed E-state index contributed by atoms with van der Waals surface area (Å²) in [7, 11) is 0. The number of aromatic nitrogens is 2. The lowest BCUT2D eigenvalue weighted by molar-refractivity contribution is -0.112. The Morgan fingerprint density at radius 2 is 1.46 bits per heavy atom. The number of aromatic amines is 1. The van der Waals surface area contributed by atoms with Crippen LogP contribution in [0.2, 0.25) is 0 Å². The molecular formula is C18H8F5N3O2. The molecule has 0 unspecified atom stereocenters. The van der Waals surface area contributed by atoms with Gasteiger partial charge in [-0.3, -0.25) is 14.7 Å². The fourth-order valence-corrected chi connectivity index (χ4v) is 3.09. The van der Waals surface area contributed by atoms with E-state index >= 15 is 0 Å². The van der Waals surface area contributed by atoms with Crippen molar-refractivity contribution in [3.8, 4) is 5.69 Å². The first-order valence-corrected chi connectivity index (χ1v) is 7.80. The van der Waals surface area contributed by atoms with Gasteiger partial charge in [-0.05, 0) is 13.0 Å². The van der Waals surface area contributed by atoms with Crippen LogP contribution >= 0.6 is 0 Å². The quantitative estimate of drug-likeness (QED) is 0.408. The average Bonchev–Trinajstić information content (AvgIpc) is 3.14. The van der Waals surface area contributed by atoms with E-state index in [0.29, 0.717) is 10.6 Å². The maximum atomic E-state index is 14.1. The van der Waals surface area contributed by atoms with E-state index in [0.717, 1.165) is 0 Å². The van der Waals surface area contributed by atoms with Gasteiger partial charge in [0, 0.05) is 10.9 Å². The molecule has 142 valence electrons. The maximum absolute atomic E-state index is 14.1. The zero-order chi connectivity index (χ0) is 20.3. The summed E-state index contributed by atoms with van der Waals surface area (Å²) in [6.45, 7) is 1.32. The Hall–Kier alpha value is -3.56. The number of rotatable bonds is 2. The molecule has 0 atom stereocenters. The highest BCUT2D eigenvalue weighted by molar-refractivity contribution is 6.21. The first-order valence-electron chi connectivity index (χ1n) is 7.80. The van der Waals surface area contributed by atoms with Gasteiger partial charge in [-0.1, -0.05) is 18.2 Å². The summed E-state index contributed by atoms with van der Waals surface area (Å²) in [6, 6.07) is 6.27. The van der Waals surface area contributed by atoms with Crippen molar-refractivity contribution in [2.45, 2.75) is 6.92 Å². The van der Waals surface area contributed by atoms with Crippen LogP contribution in [0.25, 0.3) is 11.3 Å². The first-order chi connectivity index (χ1) is 13.2. The second-order valence-corrected chi connectivity index (χ2v) is 5.98. The molecule has 0 radical (unpaired) electrons. The lowest BCUT2D eigenvalue weighted by atomic mass is 10.0. The molecule has 10 heteroatoms. The molecule has 28 heavy (non-hydrogen) atoms. The fraction of sp³-hybridized carbons (Fsp3) is 0.0556. The molecule has 0 fully saturated rings. The molecule has 0 bridgehead atoms. The summed E-state index contributed by atoms with van der Waals surface area (Å²) in [4.78, 5) is 28.9. The van der Waals surface area contributed by atoms with Crippen molar-refractivity contribution in [3.05, 3.63) is 85.5 Å². The molecule has 5 nitrogen and oxygen atoms in total. The number of hydrogen-bond acceptors (Lipinski definition) is 2. The number of carbonyl (C=O) groups excluding carboxylic acids is 1. The van der Waals surface area contributed by atoms with Crippen LogP contribution < -0.4 is 16.1 Å². The van der Waals surface area contributed by atoms with Gasteiger partial charge in [-0.25, -0.2) is 31.6 Å². The zero-order valence-corrected chi connectivity index (χ0v) is 13.9. The fourth-order valence-electron chi connectivity index (χ4n) is 3.09. The van der Waals surface area contributed by atoms with Crippen molar-refractivity contribution in [2.75, 3.05) is 0 Å². The molecule has 2 aromatic carbocycles. The van der Waals surface area contributed by atoms with Crippen LogP contribution in [0, 0.1) is 36.0 Å². The maximum Gasteiger partial charge on any atom is 0.279 e. The average molecular weight is 393 g/mol. The van der Waals surface area contributed by atoms with Crippen molar-refractivity contribution in [3.63, 3.8) is 0 Å². The number of hydrogen-bond donors (Lipinski definition) is 1. The molecule has 1 aliphatic rings. The SMILES string of the molecule is Cc1[nH]n(-c2c(F)c(F)c(F)c(F)c2F)c(=O)c1C1=c2ccccc2=NC1=O. The summed E-state index contributed by atoms with van der Waals surface area (Å²) >= 11 is 0. The van der Waals surface area contributed by atoms with Crippen molar-refractivity contribution >= 4 is 11.5 Å². The monoisotopic (exact) mass is 393 g/mol. The van der Waals surface area contributed by atoms with E-state index in [4.69, 9.17) is 0 Å². The normalized spacial score (nSPS) is 13.1. The number of carbonyl (C=O) groups is 1. The van der Waals surface area contributed by atoms with Crippen LogP contribution in [0.5, 0.6) is 0 Å². The summed E-state index contributed by atoms with van der Waals surface area (Å²) < 4.78 is 68.7. The number of amides is 1. The number of benzene rings is 2. The highest BCUT2D eigenvalue weighted by atomic mass is 19.2. The number of nitrogens with zero attached hydrogens (tertiary/aromatic N) is 2.